The number of hydrogen-bond acceptors (Lipinski definition) is 5. The van der Waals surface area contributed by atoms with Gasteiger partial charge in [-0.05, 0) is 12.1 Å². The minimum atomic E-state index is 0.566. The van der Waals surface area contributed by atoms with E-state index in [9.17, 15) is 0 Å². The number of fused-ring (bicyclic) bond motifs is 1. The van der Waals surface area contributed by atoms with Crippen molar-refractivity contribution in [2.24, 2.45) is 0 Å². The van der Waals surface area contributed by atoms with E-state index in [4.69, 9.17) is 21.1 Å². The molecule has 106 valence electrons. The molecule has 0 aliphatic carbocycles. The average molecular weight is 311 g/mol. The normalized spacial score (nSPS) is 14.0. The highest BCUT2D eigenvalue weighted by molar-refractivity contribution is 7.09. The molecule has 0 amide bonds. The fourth-order valence-corrected chi connectivity index (χ4v) is 3.22. The van der Waals surface area contributed by atoms with Crippen LogP contribution >= 0.6 is 22.9 Å². The van der Waals surface area contributed by atoms with Gasteiger partial charge in [-0.25, -0.2) is 4.98 Å². The van der Waals surface area contributed by atoms with Gasteiger partial charge < -0.3 is 14.4 Å². The minimum absolute atomic E-state index is 0.566. The summed E-state index contributed by atoms with van der Waals surface area (Å²) in [6, 6.07) is 5.83. The van der Waals surface area contributed by atoms with Crippen molar-refractivity contribution in [1.82, 2.24) is 4.98 Å². The highest BCUT2D eigenvalue weighted by Crippen LogP contribution is 2.38. The van der Waals surface area contributed by atoms with E-state index < -0.39 is 0 Å². The lowest BCUT2D eigenvalue weighted by molar-refractivity contribution is 0.184. The Kier molecular flexibility index (Phi) is 4.10. The summed E-state index contributed by atoms with van der Waals surface area (Å²) in [6.07, 6.45) is 0. The van der Waals surface area contributed by atoms with Crippen LogP contribution in [0.4, 0.5) is 5.69 Å². The quantitative estimate of drug-likeness (QED) is 0.867. The molecule has 0 radical (unpaired) electrons. The molecule has 0 atom stereocenters. The third kappa shape index (κ3) is 2.75. The van der Waals surface area contributed by atoms with E-state index in [1.165, 1.54) is 0 Å². The molecule has 2 heterocycles. The van der Waals surface area contributed by atoms with Crippen molar-refractivity contribution in [3.63, 3.8) is 0 Å². The monoisotopic (exact) mass is 310 g/mol. The summed E-state index contributed by atoms with van der Waals surface area (Å²) in [5, 5.41) is 3.74. The van der Waals surface area contributed by atoms with E-state index >= 15 is 0 Å². The first-order valence-electron chi connectivity index (χ1n) is 6.36. The molecule has 0 saturated heterocycles. The van der Waals surface area contributed by atoms with Gasteiger partial charge in [0.2, 0.25) is 0 Å². The summed E-state index contributed by atoms with van der Waals surface area (Å²) >= 11 is 7.80. The Bertz CT molecular complexity index is 603. The van der Waals surface area contributed by atoms with Crippen LogP contribution in [0.1, 0.15) is 10.7 Å². The van der Waals surface area contributed by atoms with Gasteiger partial charge >= 0.3 is 0 Å². The Labute approximate surface area is 126 Å². The second-order valence-electron chi connectivity index (χ2n) is 4.52. The lowest BCUT2D eigenvalue weighted by Crippen LogP contribution is -2.32. The van der Waals surface area contributed by atoms with Gasteiger partial charge in [-0.15, -0.1) is 11.3 Å². The average Bonchev–Trinajstić information content (AvgIpc) is 2.88. The van der Waals surface area contributed by atoms with Gasteiger partial charge in [-0.1, -0.05) is 17.7 Å². The van der Waals surface area contributed by atoms with E-state index in [1.54, 1.807) is 18.4 Å². The Morgan fingerprint density at radius 2 is 2.40 bits per heavy atom. The largest absolute Gasteiger partial charge is 0.488 e. The van der Waals surface area contributed by atoms with Gasteiger partial charge in [0.05, 0.1) is 36.1 Å². The maximum atomic E-state index is 6.17. The molecule has 0 spiro atoms. The highest BCUT2D eigenvalue weighted by atomic mass is 35.5. The smallest absolute Gasteiger partial charge is 0.161 e. The molecule has 3 rings (SSSR count). The number of methoxy groups -OCH3 is 1. The third-order valence-electron chi connectivity index (χ3n) is 3.11. The van der Waals surface area contributed by atoms with Crippen molar-refractivity contribution >= 4 is 28.6 Å². The van der Waals surface area contributed by atoms with Crippen LogP contribution < -0.4 is 9.64 Å². The molecule has 4 nitrogen and oxygen atoms in total. The Hall–Kier alpha value is -1.30. The van der Waals surface area contributed by atoms with Gasteiger partial charge in [-0.2, -0.15) is 0 Å². The molecule has 0 unspecified atom stereocenters. The zero-order valence-corrected chi connectivity index (χ0v) is 12.7. The standard InChI is InChI=1S/C14H15ClN2O2S/c1-18-8-13-16-10(9-20-13)7-17-5-6-19-14-11(15)3-2-4-12(14)17/h2-4,9H,5-8H2,1H3. The van der Waals surface area contributed by atoms with Crippen molar-refractivity contribution in [1.29, 1.82) is 0 Å². The molecule has 0 saturated carbocycles. The summed E-state index contributed by atoms with van der Waals surface area (Å²) in [6.45, 7) is 2.81. The molecule has 0 N–H and O–H groups in total. The zero-order valence-electron chi connectivity index (χ0n) is 11.1. The van der Waals surface area contributed by atoms with Gasteiger partial charge in [0.15, 0.2) is 5.75 Å². The number of nitrogens with zero attached hydrogens (tertiary/aromatic N) is 2. The highest BCUT2D eigenvalue weighted by Gasteiger charge is 2.21. The van der Waals surface area contributed by atoms with Crippen LogP contribution in [-0.4, -0.2) is 25.2 Å². The van der Waals surface area contributed by atoms with Crippen LogP contribution in [-0.2, 0) is 17.9 Å². The second kappa shape index (κ2) is 5.99. The first kappa shape index (κ1) is 13.7. The molecule has 1 aromatic heterocycles. The third-order valence-corrected chi connectivity index (χ3v) is 4.28. The Morgan fingerprint density at radius 3 is 3.25 bits per heavy atom. The van der Waals surface area contributed by atoms with E-state index in [1.807, 2.05) is 18.2 Å². The molecular formula is C14H15ClN2O2S. The first-order valence-corrected chi connectivity index (χ1v) is 7.62. The molecule has 2 aromatic rings. The van der Waals surface area contributed by atoms with E-state index in [2.05, 4.69) is 15.3 Å². The zero-order chi connectivity index (χ0) is 13.9. The number of anilines is 1. The lowest BCUT2D eigenvalue weighted by atomic mass is 10.2. The molecule has 6 heteroatoms. The summed E-state index contributed by atoms with van der Waals surface area (Å²) in [5.41, 5.74) is 2.08. The van der Waals surface area contributed by atoms with E-state index in [0.717, 1.165) is 35.2 Å². The molecule has 1 aromatic carbocycles. The number of hydrogen-bond donors (Lipinski definition) is 0. The SMILES string of the molecule is COCc1nc(CN2CCOc3c(Cl)cccc32)cs1. The molecule has 0 bridgehead atoms. The fourth-order valence-electron chi connectivity index (χ4n) is 2.24. The number of para-hydroxylation sites is 1. The number of benzene rings is 1. The van der Waals surface area contributed by atoms with Gasteiger partial charge in [0.25, 0.3) is 0 Å². The van der Waals surface area contributed by atoms with E-state index in [-0.39, 0.29) is 0 Å². The molecule has 1 aliphatic heterocycles. The number of rotatable bonds is 4. The number of aromatic nitrogens is 1. The minimum Gasteiger partial charge on any atom is -0.488 e. The Morgan fingerprint density at radius 1 is 1.50 bits per heavy atom. The fraction of sp³-hybridized carbons (Fsp3) is 0.357. The van der Waals surface area contributed by atoms with Gasteiger partial charge in [0, 0.05) is 12.5 Å². The van der Waals surface area contributed by atoms with E-state index in [0.29, 0.717) is 18.2 Å². The number of halogens is 1. The Balaban J connectivity index is 1.80. The molecule has 0 fully saturated rings. The van der Waals surface area contributed by atoms with Crippen LogP contribution in [0.25, 0.3) is 0 Å². The van der Waals surface area contributed by atoms with Crippen LogP contribution in [0.3, 0.4) is 0 Å². The predicted molar refractivity (Wildman–Crippen MR) is 80.8 cm³/mol. The van der Waals surface area contributed by atoms with Crippen LogP contribution in [0.5, 0.6) is 5.75 Å². The van der Waals surface area contributed by atoms with Crippen LogP contribution in [0, 0.1) is 0 Å². The number of ether oxygens (including phenoxy) is 2. The summed E-state index contributed by atoms with van der Waals surface area (Å²) in [5.74, 6) is 0.771. The van der Waals surface area contributed by atoms with Gasteiger partial charge in [-0.3, -0.25) is 0 Å². The van der Waals surface area contributed by atoms with Crippen molar-refractivity contribution in [3.8, 4) is 5.75 Å². The molecule has 20 heavy (non-hydrogen) atoms. The topological polar surface area (TPSA) is 34.6 Å². The molecule has 1 aliphatic rings. The van der Waals surface area contributed by atoms with Crippen molar-refractivity contribution in [2.45, 2.75) is 13.2 Å². The first-order chi connectivity index (χ1) is 9.78. The van der Waals surface area contributed by atoms with Crippen molar-refractivity contribution < 1.29 is 9.47 Å². The maximum absolute atomic E-state index is 6.17. The van der Waals surface area contributed by atoms with Gasteiger partial charge in [0.1, 0.15) is 11.6 Å². The predicted octanol–water partition coefficient (Wildman–Crippen LogP) is 3.34. The summed E-state index contributed by atoms with van der Waals surface area (Å²) < 4.78 is 10.8. The van der Waals surface area contributed by atoms with Crippen LogP contribution in [0.2, 0.25) is 5.02 Å². The van der Waals surface area contributed by atoms with Crippen molar-refractivity contribution in [2.75, 3.05) is 25.2 Å². The maximum Gasteiger partial charge on any atom is 0.161 e. The second-order valence-corrected chi connectivity index (χ2v) is 5.87. The summed E-state index contributed by atoms with van der Waals surface area (Å²) in [4.78, 5) is 6.81. The van der Waals surface area contributed by atoms with Crippen LogP contribution in [0.15, 0.2) is 23.6 Å². The number of thiazole rings is 1. The lowest BCUT2D eigenvalue weighted by Gasteiger charge is -2.31. The van der Waals surface area contributed by atoms with Crippen molar-refractivity contribution in [3.05, 3.63) is 39.3 Å². The molecular weight excluding hydrogens is 296 g/mol. The summed E-state index contributed by atoms with van der Waals surface area (Å²) in [7, 11) is 1.68.